The van der Waals surface area contributed by atoms with Crippen LogP contribution in [-0.2, 0) is 4.74 Å². The van der Waals surface area contributed by atoms with Crippen LogP contribution in [0.5, 0.6) is 0 Å². The average Bonchev–Trinajstić information content (AvgIpc) is 2.93. The molecule has 2 N–H and O–H groups in total. The molecule has 9 nitrogen and oxygen atoms in total. The van der Waals surface area contributed by atoms with E-state index in [0.717, 1.165) is 48.4 Å². The minimum Gasteiger partial charge on any atom is -0.444 e. The van der Waals surface area contributed by atoms with Crippen molar-refractivity contribution in [2.75, 3.05) is 44.6 Å². The number of aliphatic hydroxyl groups excluding tert-OH is 1. The number of carbonyl (C=O) groups is 2. The standard InChI is InChI=1S/C32H43N5O4/c1-8-10-29(24(9-2)19-33)35-13-11-25(12-14-35)34-28-18-27(22(3)17-23(28)4)30(39)36-15-16-37(26(20-36)21-38)31(40)41-32(5,6)7/h1,9-10,17-18,25-26,34,38H,11-16,20-21H2,2-7H3/b24-9-,29-10+/t26-/m1/s1. The minimum absolute atomic E-state index is 0.123. The number of amides is 2. The first-order valence-electron chi connectivity index (χ1n) is 14.2. The summed E-state index contributed by atoms with van der Waals surface area (Å²) in [5, 5.41) is 23.1. The number of anilines is 1. The number of terminal acetylenes is 1. The van der Waals surface area contributed by atoms with E-state index in [2.05, 4.69) is 22.2 Å². The third kappa shape index (κ3) is 7.83. The van der Waals surface area contributed by atoms with Crippen molar-refractivity contribution in [1.82, 2.24) is 14.7 Å². The van der Waals surface area contributed by atoms with E-state index < -0.39 is 17.7 Å². The van der Waals surface area contributed by atoms with E-state index in [0.29, 0.717) is 17.7 Å². The monoisotopic (exact) mass is 561 g/mol. The highest BCUT2D eigenvalue weighted by Gasteiger charge is 2.35. The van der Waals surface area contributed by atoms with Crippen LogP contribution in [0.25, 0.3) is 0 Å². The second-order valence-corrected chi connectivity index (χ2v) is 11.7. The average molecular weight is 562 g/mol. The second-order valence-electron chi connectivity index (χ2n) is 11.7. The molecule has 9 heteroatoms. The highest BCUT2D eigenvalue weighted by atomic mass is 16.6. The Morgan fingerprint density at radius 1 is 1.15 bits per heavy atom. The van der Waals surface area contributed by atoms with Crippen molar-refractivity contribution in [2.45, 2.75) is 72.1 Å². The zero-order chi connectivity index (χ0) is 30.3. The Morgan fingerprint density at radius 2 is 1.83 bits per heavy atom. The van der Waals surface area contributed by atoms with Gasteiger partial charge in [-0.15, -0.1) is 6.42 Å². The van der Waals surface area contributed by atoms with Gasteiger partial charge in [-0.25, -0.2) is 4.79 Å². The van der Waals surface area contributed by atoms with Crippen molar-refractivity contribution in [2.24, 2.45) is 0 Å². The number of nitrogens with one attached hydrogen (secondary N) is 1. The van der Waals surface area contributed by atoms with Crippen LogP contribution in [0, 0.1) is 37.5 Å². The summed E-state index contributed by atoms with van der Waals surface area (Å²) < 4.78 is 5.50. The van der Waals surface area contributed by atoms with Crippen molar-refractivity contribution < 1.29 is 19.4 Å². The van der Waals surface area contributed by atoms with Crippen molar-refractivity contribution in [1.29, 1.82) is 5.26 Å². The number of allylic oxidation sites excluding steroid dienone is 3. The van der Waals surface area contributed by atoms with E-state index in [9.17, 15) is 20.0 Å². The van der Waals surface area contributed by atoms with Gasteiger partial charge in [0.2, 0.25) is 0 Å². The molecule has 220 valence electrons. The molecule has 0 radical (unpaired) electrons. The lowest BCUT2D eigenvalue weighted by Gasteiger charge is -2.41. The molecule has 1 aromatic rings. The van der Waals surface area contributed by atoms with Crippen LogP contribution in [0.2, 0.25) is 0 Å². The third-order valence-electron chi connectivity index (χ3n) is 7.51. The normalized spacial score (nSPS) is 19.0. The molecule has 2 heterocycles. The Bertz CT molecular complexity index is 1270. The van der Waals surface area contributed by atoms with Crippen molar-refractivity contribution in [3.05, 3.63) is 52.2 Å². The maximum atomic E-state index is 13.7. The number of aryl methyl sites for hydroxylation is 2. The molecule has 2 amide bonds. The van der Waals surface area contributed by atoms with Crippen molar-refractivity contribution in [3.8, 4) is 18.4 Å². The quantitative estimate of drug-likeness (QED) is 0.304. The Hall–Kier alpha value is -3.95. The molecule has 0 aliphatic carbocycles. The SMILES string of the molecule is C#C/C=C(\C(C#N)=C/C)N1CCC(Nc2cc(C(=O)N3CCN(C(=O)OC(C)(C)C)[C@@H](CO)C3)c(C)cc2C)CC1. The van der Waals surface area contributed by atoms with Crippen molar-refractivity contribution >= 4 is 17.7 Å². The lowest BCUT2D eigenvalue weighted by molar-refractivity contribution is -0.00986. The molecule has 0 spiro atoms. The van der Waals surface area contributed by atoms with Crippen LogP contribution in [0.4, 0.5) is 10.5 Å². The summed E-state index contributed by atoms with van der Waals surface area (Å²) in [6, 6.07) is 5.84. The van der Waals surface area contributed by atoms with Crippen LogP contribution in [0.1, 0.15) is 62.0 Å². The van der Waals surface area contributed by atoms with Gasteiger partial charge in [0.25, 0.3) is 5.91 Å². The van der Waals surface area contributed by atoms with Gasteiger partial charge in [0.15, 0.2) is 0 Å². The molecule has 2 fully saturated rings. The molecule has 0 bridgehead atoms. The van der Waals surface area contributed by atoms with Crippen molar-refractivity contribution in [3.63, 3.8) is 0 Å². The molecule has 1 atom stereocenters. The van der Waals surface area contributed by atoms with Gasteiger partial charge in [-0.1, -0.05) is 18.1 Å². The molecule has 2 saturated heterocycles. The topological polar surface area (TPSA) is 109 Å². The summed E-state index contributed by atoms with van der Waals surface area (Å²) in [7, 11) is 0. The Kier molecular flexibility index (Phi) is 10.5. The molecule has 2 aliphatic rings. The van der Waals surface area contributed by atoms with E-state index in [1.807, 2.05) is 32.9 Å². The smallest absolute Gasteiger partial charge is 0.410 e. The molecule has 41 heavy (non-hydrogen) atoms. The fraction of sp³-hybridized carbons (Fsp3) is 0.531. The number of piperazine rings is 1. The first-order valence-corrected chi connectivity index (χ1v) is 14.2. The first-order chi connectivity index (χ1) is 19.4. The van der Waals surface area contributed by atoms with E-state index >= 15 is 0 Å². The molecule has 3 rings (SSSR count). The number of carbonyl (C=O) groups excluding carboxylic acids is 2. The number of nitrogens with zero attached hydrogens (tertiary/aromatic N) is 4. The van der Waals surface area contributed by atoms with Gasteiger partial charge in [-0.3, -0.25) is 9.69 Å². The van der Waals surface area contributed by atoms with Crippen LogP contribution in [0.3, 0.4) is 0 Å². The molecule has 0 saturated carbocycles. The largest absolute Gasteiger partial charge is 0.444 e. The molecule has 1 aromatic carbocycles. The van der Waals surface area contributed by atoms with E-state index in [4.69, 9.17) is 11.2 Å². The fourth-order valence-corrected chi connectivity index (χ4v) is 5.34. The highest BCUT2D eigenvalue weighted by molar-refractivity contribution is 5.97. The second kappa shape index (κ2) is 13.6. The molecular weight excluding hydrogens is 518 g/mol. The zero-order valence-electron chi connectivity index (χ0n) is 25.2. The van der Waals surface area contributed by atoms with Gasteiger partial charge in [0.1, 0.15) is 11.7 Å². The number of rotatable bonds is 6. The Labute approximate surface area is 244 Å². The van der Waals surface area contributed by atoms with Crippen LogP contribution < -0.4 is 5.32 Å². The third-order valence-corrected chi connectivity index (χ3v) is 7.51. The van der Waals surface area contributed by atoms with Crippen LogP contribution >= 0.6 is 0 Å². The first kappa shape index (κ1) is 31.6. The predicted molar refractivity (Wildman–Crippen MR) is 160 cm³/mol. The van der Waals surface area contributed by atoms with E-state index in [-0.39, 0.29) is 31.6 Å². The Balaban J connectivity index is 1.70. The summed E-state index contributed by atoms with van der Waals surface area (Å²) in [5.41, 5.74) is 4.15. The van der Waals surface area contributed by atoms with Gasteiger partial charge >= 0.3 is 6.09 Å². The minimum atomic E-state index is -0.643. The molecule has 2 aliphatic heterocycles. The highest BCUT2D eigenvalue weighted by Crippen LogP contribution is 2.27. The lowest BCUT2D eigenvalue weighted by atomic mass is 9.98. The lowest BCUT2D eigenvalue weighted by Crippen LogP contribution is -2.58. The summed E-state index contributed by atoms with van der Waals surface area (Å²) >= 11 is 0. The number of likely N-dealkylation sites (tertiary alicyclic amines) is 1. The van der Waals surface area contributed by atoms with Gasteiger partial charge in [0.05, 0.1) is 23.9 Å². The van der Waals surface area contributed by atoms with Gasteiger partial charge in [-0.2, -0.15) is 5.26 Å². The number of hydrogen-bond donors (Lipinski definition) is 2. The van der Waals surface area contributed by atoms with E-state index in [1.54, 1.807) is 37.8 Å². The van der Waals surface area contributed by atoms with Gasteiger partial charge < -0.3 is 25.0 Å². The molecule has 0 unspecified atom stereocenters. The fourth-order valence-electron chi connectivity index (χ4n) is 5.34. The predicted octanol–water partition coefficient (Wildman–Crippen LogP) is 4.22. The summed E-state index contributed by atoms with van der Waals surface area (Å²) in [6.07, 6.45) is 10.2. The number of benzene rings is 1. The zero-order valence-corrected chi connectivity index (χ0v) is 25.2. The van der Waals surface area contributed by atoms with Gasteiger partial charge in [-0.05, 0) is 71.6 Å². The Morgan fingerprint density at radius 3 is 2.39 bits per heavy atom. The number of aliphatic hydroxyl groups is 1. The summed E-state index contributed by atoms with van der Waals surface area (Å²) in [6.45, 7) is 13.3. The van der Waals surface area contributed by atoms with Gasteiger partial charge in [0, 0.05) is 56.1 Å². The summed E-state index contributed by atoms with van der Waals surface area (Å²) in [5.74, 6) is 2.44. The number of nitriles is 1. The number of piperidine rings is 1. The molecular formula is C32H43N5O4. The number of hydrogen-bond acceptors (Lipinski definition) is 7. The molecule has 0 aromatic heterocycles. The maximum Gasteiger partial charge on any atom is 0.410 e. The maximum absolute atomic E-state index is 13.7. The number of ether oxygens (including phenoxy) is 1. The summed E-state index contributed by atoms with van der Waals surface area (Å²) in [4.78, 5) is 31.7. The van der Waals surface area contributed by atoms with E-state index in [1.165, 1.54) is 4.90 Å². The van der Waals surface area contributed by atoms with Crippen LogP contribution in [0.15, 0.2) is 35.6 Å². The van der Waals surface area contributed by atoms with Crippen LogP contribution in [-0.4, -0.2) is 88.8 Å².